The standard InChI is InChI=1S/C25H44N2O2/c26-21-10-12-22(13-11-21)27-17-20(9-6-18-4-2-1-3-5-18)23-16-19(7-14-24(23)27)8-15-25(28)29/h18-24H,1-17,26H2,(H,28,29)/t19?,20?,21?,22?,23-,24?/m1/s1. The zero-order valence-corrected chi connectivity index (χ0v) is 18.4. The lowest BCUT2D eigenvalue weighted by Gasteiger charge is -2.41. The second kappa shape index (κ2) is 10.1. The molecule has 0 bridgehead atoms. The lowest BCUT2D eigenvalue weighted by molar-refractivity contribution is -0.137. The van der Waals surface area contributed by atoms with E-state index in [2.05, 4.69) is 4.90 Å². The van der Waals surface area contributed by atoms with Crippen molar-refractivity contribution in [2.24, 2.45) is 29.4 Å². The number of fused-ring (bicyclic) bond motifs is 1. The summed E-state index contributed by atoms with van der Waals surface area (Å²) in [6, 6.07) is 1.96. The quantitative estimate of drug-likeness (QED) is 0.612. The summed E-state index contributed by atoms with van der Waals surface area (Å²) < 4.78 is 0. The molecule has 3 aliphatic carbocycles. The first-order valence-electron chi connectivity index (χ1n) is 12.8. The highest BCUT2D eigenvalue weighted by Crippen LogP contribution is 2.47. The Morgan fingerprint density at radius 1 is 0.862 bits per heavy atom. The van der Waals surface area contributed by atoms with Gasteiger partial charge in [-0.05, 0) is 81.5 Å². The fraction of sp³-hybridized carbons (Fsp3) is 0.960. The molecule has 1 heterocycles. The summed E-state index contributed by atoms with van der Waals surface area (Å²) in [4.78, 5) is 14.0. The number of aliphatic carboxylic acids is 1. The van der Waals surface area contributed by atoms with Crippen molar-refractivity contribution in [3.05, 3.63) is 0 Å². The fourth-order valence-electron chi connectivity index (χ4n) is 7.41. The lowest BCUT2D eigenvalue weighted by Crippen LogP contribution is -2.46. The van der Waals surface area contributed by atoms with Gasteiger partial charge in [-0.3, -0.25) is 9.69 Å². The molecule has 3 N–H and O–H groups in total. The molecule has 1 aliphatic heterocycles. The zero-order chi connectivity index (χ0) is 20.2. The molecule has 0 spiro atoms. The number of rotatable bonds is 7. The Kier molecular flexibility index (Phi) is 7.55. The maximum Gasteiger partial charge on any atom is 0.303 e. The van der Waals surface area contributed by atoms with Gasteiger partial charge in [0.05, 0.1) is 0 Å². The maximum absolute atomic E-state index is 11.1. The van der Waals surface area contributed by atoms with Crippen molar-refractivity contribution in [3.8, 4) is 0 Å². The Morgan fingerprint density at radius 3 is 2.34 bits per heavy atom. The van der Waals surface area contributed by atoms with Gasteiger partial charge in [0.2, 0.25) is 0 Å². The minimum absolute atomic E-state index is 0.360. The summed E-state index contributed by atoms with van der Waals surface area (Å²) in [5.41, 5.74) is 6.19. The molecule has 3 saturated carbocycles. The minimum Gasteiger partial charge on any atom is -0.481 e. The van der Waals surface area contributed by atoms with Crippen LogP contribution in [0.2, 0.25) is 0 Å². The van der Waals surface area contributed by atoms with Crippen LogP contribution in [0, 0.1) is 23.7 Å². The van der Waals surface area contributed by atoms with Crippen LogP contribution in [0.5, 0.6) is 0 Å². The molecule has 4 rings (SSSR count). The third-order valence-electron chi connectivity index (χ3n) is 9.09. The fourth-order valence-corrected chi connectivity index (χ4v) is 7.41. The lowest BCUT2D eigenvalue weighted by atomic mass is 9.71. The van der Waals surface area contributed by atoms with E-state index in [1.54, 1.807) is 0 Å². The summed E-state index contributed by atoms with van der Waals surface area (Å²) in [5, 5.41) is 9.13. The largest absolute Gasteiger partial charge is 0.481 e. The van der Waals surface area contributed by atoms with Crippen LogP contribution in [0.15, 0.2) is 0 Å². The molecule has 0 radical (unpaired) electrons. The van der Waals surface area contributed by atoms with Crippen molar-refractivity contribution < 1.29 is 9.90 Å². The van der Waals surface area contributed by atoms with Crippen LogP contribution in [-0.4, -0.2) is 40.6 Å². The number of likely N-dealkylation sites (tertiary alicyclic amines) is 1. The third-order valence-corrected chi connectivity index (χ3v) is 9.09. The molecule has 1 saturated heterocycles. The highest BCUT2D eigenvalue weighted by atomic mass is 16.4. The second-order valence-corrected chi connectivity index (χ2v) is 10.9. The first kappa shape index (κ1) is 21.6. The molecule has 4 aliphatic rings. The van der Waals surface area contributed by atoms with E-state index >= 15 is 0 Å². The maximum atomic E-state index is 11.1. The normalized spacial score (nSPS) is 39.3. The van der Waals surface area contributed by atoms with Crippen LogP contribution in [0.4, 0.5) is 0 Å². The highest BCUT2D eigenvalue weighted by molar-refractivity contribution is 5.66. The molecule has 0 aromatic rings. The van der Waals surface area contributed by atoms with Crippen molar-refractivity contribution >= 4 is 5.97 Å². The molecule has 4 fully saturated rings. The molecule has 0 aromatic carbocycles. The van der Waals surface area contributed by atoms with Gasteiger partial charge in [0.1, 0.15) is 0 Å². The van der Waals surface area contributed by atoms with Crippen molar-refractivity contribution in [2.45, 2.75) is 121 Å². The van der Waals surface area contributed by atoms with E-state index in [-0.39, 0.29) is 0 Å². The van der Waals surface area contributed by atoms with Crippen molar-refractivity contribution in [1.29, 1.82) is 0 Å². The van der Waals surface area contributed by atoms with Crippen LogP contribution < -0.4 is 5.73 Å². The highest BCUT2D eigenvalue weighted by Gasteiger charge is 2.47. The van der Waals surface area contributed by atoms with Crippen LogP contribution in [0.25, 0.3) is 0 Å². The molecule has 4 heteroatoms. The smallest absolute Gasteiger partial charge is 0.303 e. The zero-order valence-electron chi connectivity index (χ0n) is 18.4. The first-order valence-corrected chi connectivity index (χ1v) is 12.8. The van der Waals surface area contributed by atoms with E-state index in [1.165, 1.54) is 96.4 Å². The topological polar surface area (TPSA) is 66.6 Å². The summed E-state index contributed by atoms with van der Waals surface area (Å²) in [6.07, 6.45) is 20.2. The van der Waals surface area contributed by atoms with Crippen LogP contribution in [0.1, 0.15) is 103 Å². The predicted octanol–water partition coefficient (Wildman–Crippen LogP) is 5.20. The number of nitrogens with two attached hydrogens (primary N) is 1. The van der Waals surface area contributed by atoms with Gasteiger partial charge in [0.15, 0.2) is 0 Å². The molecule has 29 heavy (non-hydrogen) atoms. The summed E-state index contributed by atoms with van der Waals surface area (Å²) in [6.45, 7) is 1.31. The van der Waals surface area contributed by atoms with Gasteiger partial charge < -0.3 is 10.8 Å². The van der Waals surface area contributed by atoms with E-state index in [1.807, 2.05) is 0 Å². The molecule has 3 unspecified atom stereocenters. The molecular formula is C25H44N2O2. The average Bonchev–Trinajstić information content (AvgIpc) is 3.10. The molecule has 0 aromatic heterocycles. The Balaban J connectivity index is 1.38. The molecule has 4 atom stereocenters. The van der Waals surface area contributed by atoms with Gasteiger partial charge in [-0.15, -0.1) is 0 Å². The van der Waals surface area contributed by atoms with E-state index in [0.29, 0.717) is 18.4 Å². The summed E-state index contributed by atoms with van der Waals surface area (Å²) in [7, 11) is 0. The Morgan fingerprint density at radius 2 is 1.62 bits per heavy atom. The average molecular weight is 405 g/mol. The van der Waals surface area contributed by atoms with Crippen LogP contribution in [-0.2, 0) is 4.79 Å². The number of hydrogen-bond donors (Lipinski definition) is 2. The summed E-state index contributed by atoms with van der Waals surface area (Å²) in [5.74, 6) is 2.68. The number of hydrogen-bond acceptors (Lipinski definition) is 3. The Labute approximate surface area is 178 Å². The van der Waals surface area contributed by atoms with Crippen molar-refractivity contribution in [1.82, 2.24) is 4.90 Å². The van der Waals surface area contributed by atoms with Crippen molar-refractivity contribution in [2.75, 3.05) is 6.54 Å². The SMILES string of the molecule is NC1CCC(N2CC(CCC3CCCCC3)[C@H]3CC(CCC(=O)O)CCC32)CC1. The second-order valence-electron chi connectivity index (χ2n) is 10.9. The van der Waals surface area contributed by atoms with Crippen molar-refractivity contribution in [3.63, 3.8) is 0 Å². The van der Waals surface area contributed by atoms with Crippen LogP contribution in [0.3, 0.4) is 0 Å². The minimum atomic E-state index is -0.618. The Bertz CT molecular complexity index is 525. The van der Waals surface area contributed by atoms with E-state index in [9.17, 15) is 4.79 Å². The number of carboxylic acids is 1. The molecule has 166 valence electrons. The van der Waals surface area contributed by atoms with E-state index in [4.69, 9.17) is 10.8 Å². The number of nitrogens with zero attached hydrogens (tertiary/aromatic N) is 1. The van der Waals surface area contributed by atoms with Crippen LogP contribution >= 0.6 is 0 Å². The number of carbonyl (C=O) groups is 1. The van der Waals surface area contributed by atoms with Gasteiger partial charge in [-0.2, -0.15) is 0 Å². The molecule has 0 amide bonds. The first-order chi connectivity index (χ1) is 14.1. The number of carboxylic acid groups (broad SMARTS) is 1. The summed E-state index contributed by atoms with van der Waals surface area (Å²) >= 11 is 0. The third kappa shape index (κ3) is 5.55. The van der Waals surface area contributed by atoms with Gasteiger partial charge in [-0.25, -0.2) is 0 Å². The van der Waals surface area contributed by atoms with Gasteiger partial charge >= 0.3 is 5.97 Å². The Hall–Kier alpha value is -0.610. The van der Waals surface area contributed by atoms with Gasteiger partial charge in [0.25, 0.3) is 0 Å². The monoisotopic (exact) mass is 404 g/mol. The molecule has 4 nitrogen and oxygen atoms in total. The van der Waals surface area contributed by atoms with Gasteiger partial charge in [0, 0.05) is 31.1 Å². The van der Waals surface area contributed by atoms with E-state index < -0.39 is 5.97 Å². The molecular weight excluding hydrogens is 360 g/mol. The van der Waals surface area contributed by atoms with E-state index in [0.717, 1.165) is 36.3 Å². The predicted molar refractivity (Wildman–Crippen MR) is 118 cm³/mol. The van der Waals surface area contributed by atoms with Gasteiger partial charge in [-0.1, -0.05) is 38.5 Å².